The summed E-state index contributed by atoms with van der Waals surface area (Å²) < 4.78 is 36.6. The van der Waals surface area contributed by atoms with Crippen molar-refractivity contribution in [1.82, 2.24) is 9.13 Å². The van der Waals surface area contributed by atoms with Gasteiger partial charge >= 0.3 is 73.5 Å². The van der Waals surface area contributed by atoms with Gasteiger partial charge in [0.05, 0.1) is 40.8 Å². The first-order chi connectivity index (χ1) is 40.7. The first-order valence-electron chi connectivity index (χ1n) is 27.9. The summed E-state index contributed by atoms with van der Waals surface area (Å²) >= 11 is 0. The van der Waals surface area contributed by atoms with Crippen LogP contribution in [0.4, 0.5) is 25.0 Å². The Bertz CT molecular complexity index is 3520. The molecule has 8 aromatic rings. The quantitative estimate of drug-likeness (QED) is 0.0231. The molecule has 2 amide bonds. The van der Waals surface area contributed by atoms with Gasteiger partial charge in [-0.15, -0.1) is 0 Å². The molecule has 0 saturated carbocycles. The number of para-hydroxylation sites is 2. The summed E-state index contributed by atoms with van der Waals surface area (Å²) in [5, 5.41) is 68.6. The summed E-state index contributed by atoms with van der Waals surface area (Å²) in [5.74, 6) is -4.65. The number of amides is 2. The van der Waals surface area contributed by atoms with Gasteiger partial charge in [-0.3, -0.25) is 9.59 Å². The third-order valence-electron chi connectivity index (χ3n) is 14.1. The van der Waals surface area contributed by atoms with Crippen LogP contribution in [0.25, 0.3) is 44.8 Å². The van der Waals surface area contributed by atoms with Crippen molar-refractivity contribution in [1.29, 1.82) is 0 Å². The van der Waals surface area contributed by atoms with Gasteiger partial charge in [0.2, 0.25) is 0 Å². The molecule has 0 fully saturated rings. The van der Waals surface area contributed by atoms with E-state index in [0.717, 1.165) is 16.8 Å². The number of carbonyl (C=O) groups is 5. The number of aliphatic carboxylic acids is 2. The molecule has 0 aliphatic carbocycles. The van der Waals surface area contributed by atoms with Crippen LogP contribution >= 0.6 is 0 Å². The zero-order chi connectivity index (χ0) is 61.3. The van der Waals surface area contributed by atoms with Crippen molar-refractivity contribution in [3.8, 4) is 44.8 Å². The number of aromatic nitrogens is 2. The molecule has 16 nitrogen and oxygen atoms in total. The predicted molar refractivity (Wildman–Crippen MR) is 329 cm³/mol. The van der Waals surface area contributed by atoms with Crippen molar-refractivity contribution in [2.24, 2.45) is 0 Å². The molecule has 446 valence electrons. The normalized spacial score (nSPS) is 12.3. The Morgan fingerprint density at radius 1 is 0.494 bits per heavy atom. The van der Waals surface area contributed by atoms with Gasteiger partial charge in [0.1, 0.15) is 17.7 Å². The Hall–Kier alpha value is -6.97. The fourth-order valence-corrected chi connectivity index (χ4v) is 10.6. The number of halogens is 2. The maximum absolute atomic E-state index is 14.1. The fraction of sp³-hybridized carbons (Fsp3) is 0.269. The van der Waals surface area contributed by atoms with Crippen molar-refractivity contribution in [2.45, 2.75) is 116 Å². The number of aliphatic hydroxyl groups is 3. The number of ether oxygens (including phenoxy) is 1. The number of carbonyl (C=O) groups excluding carboxylic acids is 4. The second-order valence-electron chi connectivity index (χ2n) is 21.1. The Labute approximate surface area is 556 Å². The zero-order valence-corrected chi connectivity index (χ0v) is 50.4. The van der Waals surface area contributed by atoms with Crippen molar-refractivity contribution >= 4 is 109 Å². The number of hydrogen-bond acceptors (Lipinski definition) is 11. The van der Waals surface area contributed by atoms with Gasteiger partial charge in [-0.05, 0) is 126 Å². The van der Waals surface area contributed by atoms with Crippen LogP contribution in [0.3, 0.4) is 0 Å². The molecule has 8 rings (SSSR count). The molecule has 0 radical (unpaired) electrons. The van der Waals surface area contributed by atoms with Gasteiger partial charge in [-0.2, -0.15) is 0 Å². The molecule has 0 aliphatic rings. The van der Waals surface area contributed by atoms with Crippen LogP contribution in [-0.2, 0) is 27.4 Å². The predicted octanol–water partition coefficient (Wildman–Crippen LogP) is 9.63. The molecule has 2 heterocycles. The summed E-state index contributed by atoms with van der Waals surface area (Å²) in [6.07, 6.45) is -7.77. The van der Waals surface area contributed by atoms with Crippen LogP contribution in [0.2, 0.25) is 0 Å². The standard InChI is InChI=1S/C34H35FN2O7.C33H35FN2O5.Ca.Na.H/c1-21(2)31-30(33(41)36-25-11-7-4-8-12-25)29(22-9-5-3-6-10-22)32(23-13-15-24(35)16-14-23)37(31)18-17-26(38)19-27(20-28(39)40)44-34(42)43;1-21(2)31-30(33(41)35-25-11-7-4-8-12-25)29(22-9-5-3-6-10-22)32(23-13-15-24(34)16-14-23)36(31)18-17-26(37)19-27(38)20-28(39)40;;;/h3-16,21,26-27,38H,17-20H2,1-2H3,(H,36,41)(H,39,40)(H,42,43);3-16,21,26-27,37-38H,17-20H2,1-2H3,(H,35,41)(H,39,40);;;/q;;+2;;/p-2/t2*26-,27-;;;/m11.../s1. The molecule has 6 N–H and O–H groups in total. The van der Waals surface area contributed by atoms with E-state index in [0.29, 0.717) is 61.8 Å². The number of anilines is 2. The molecule has 2 aromatic heterocycles. The second-order valence-corrected chi connectivity index (χ2v) is 21.1. The number of carboxylic acid groups (broad SMARTS) is 3. The number of hydrogen-bond donors (Lipinski definition) is 6. The minimum absolute atomic E-state index is 0. The summed E-state index contributed by atoms with van der Waals surface area (Å²) in [6.45, 7) is 8.29. The maximum atomic E-state index is 14.1. The third-order valence-corrected chi connectivity index (χ3v) is 14.1. The van der Waals surface area contributed by atoms with Crippen molar-refractivity contribution in [3.05, 3.63) is 204 Å². The molecule has 6 aromatic carbocycles. The Kier molecular flexibility index (Phi) is 27.6. The summed E-state index contributed by atoms with van der Waals surface area (Å²) in [6, 6.07) is 49.0. The SMILES string of the molecule is CC(C)c1c(C(=O)Nc2ccccc2)c(-c2ccccc2)c(-c2ccc(F)cc2)n1CC[C@@H](O)C[C@@H](O)CC(=O)[O-].CC(C)c1c(C(=O)Nc2ccccc2)c(-c2ccccc2)c(-c2ccc(F)cc2)n1CC[C@@H](O)C[C@H](CC(=O)[O-])OC(=O)O.[Ca+2].[NaH]. The monoisotopic (exact) mass is 1220 g/mol. The van der Waals surface area contributed by atoms with Crippen molar-refractivity contribution < 1.29 is 68.1 Å². The van der Waals surface area contributed by atoms with Crippen LogP contribution < -0.4 is 20.8 Å². The Balaban J connectivity index is 0.000000311. The zero-order valence-electron chi connectivity index (χ0n) is 48.2. The van der Waals surface area contributed by atoms with Crippen LogP contribution in [0.15, 0.2) is 170 Å². The van der Waals surface area contributed by atoms with Crippen LogP contribution in [0, 0.1) is 11.6 Å². The van der Waals surface area contributed by atoms with E-state index >= 15 is 0 Å². The molecule has 0 aliphatic heterocycles. The first-order valence-corrected chi connectivity index (χ1v) is 27.9. The van der Waals surface area contributed by atoms with Gasteiger partial charge in [-0.1, -0.05) is 125 Å². The summed E-state index contributed by atoms with van der Waals surface area (Å²) in [5.41, 5.74) is 9.10. The van der Waals surface area contributed by atoms with E-state index in [2.05, 4.69) is 15.4 Å². The minimum atomic E-state index is -1.66. The molecule has 4 atom stereocenters. The third kappa shape index (κ3) is 19.5. The summed E-state index contributed by atoms with van der Waals surface area (Å²) in [7, 11) is 0. The Morgan fingerprint density at radius 3 is 1.17 bits per heavy atom. The van der Waals surface area contributed by atoms with Crippen LogP contribution in [-0.4, -0.2) is 151 Å². The average molecular weight is 1220 g/mol. The number of benzene rings is 6. The fourth-order valence-electron chi connectivity index (χ4n) is 10.6. The van der Waals surface area contributed by atoms with E-state index in [-0.39, 0.29) is 130 Å². The topological polar surface area (TPSA) is 256 Å². The number of carboxylic acids is 2. The number of nitrogens with zero attached hydrogens (tertiary/aromatic N) is 2. The van der Waals surface area contributed by atoms with Gasteiger partial charge in [-0.25, -0.2) is 13.6 Å². The number of aliphatic hydroxyl groups excluding tert-OH is 3. The van der Waals surface area contributed by atoms with E-state index in [1.54, 1.807) is 48.5 Å². The summed E-state index contributed by atoms with van der Waals surface area (Å²) in [4.78, 5) is 61.2. The van der Waals surface area contributed by atoms with Gasteiger partial charge in [0.25, 0.3) is 11.8 Å². The van der Waals surface area contributed by atoms with Crippen LogP contribution in [0.5, 0.6) is 0 Å². The van der Waals surface area contributed by atoms with Crippen molar-refractivity contribution in [2.75, 3.05) is 10.6 Å². The number of nitrogens with one attached hydrogen (secondary N) is 2. The molecule has 0 bridgehead atoms. The van der Waals surface area contributed by atoms with Gasteiger partial charge < -0.3 is 64.7 Å². The van der Waals surface area contributed by atoms with E-state index < -0.39 is 67.0 Å². The second kappa shape index (κ2) is 34.0. The van der Waals surface area contributed by atoms with Gasteiger partial charge in [0.15, 0.2) is 0 Å². The molecular weight excluding hydrogens is 1150 g/mol. The first kappa shape index (κ1) is 70.8. The molecular formula is C67H69CaF2N4NaO12. The molecule has 20 heteroatoms. The average Bonchev–Trinajstić information content (AvgIpc) is 1.70. The molecule has 0 spiro atoms. The molecule has 87 heavy (non-hydrogen) atoms. The van der Waals surface area contributed by atoms with E-state index in [4.69, 9.17) is 5.11 Å². The van der Waals surface area contributed by atoms with Crippen molar-refractivity contribution in [3.63, 3.8) is 0 Å². The molecule has 0 saturated heterocycles. The van der Waals surface area contributed by atoms with E-state index in [1.165, 1.54) is 24.3 Å². The molecule has 0 unspecified atom stereocenters. The van der Waals surface area contributed by atoms with Crippen LogP contribution in [0.1, 0.15) is 110 Å². The Morgan fingerprint density at radius 2 is 0.839 bits per heavy atom. The number of rotatable bonds is 25. The van der Waals surface area contributed by atoms with E-state index in [9.17, 15) is 58.3 Å². The van der Waals surface area contributed by atoms with E-state index in [1.807, 2.05) is 134 Å². The van der Waals surface area contributed by atoms with Gasteiger partial charge in [0, 0.05) is 78.2 Å².